The Bertz CT molecular complexity index is 951. The number of aryl methyl sites for hydroxylation is 1. The molecule has 27 heavy (non-hydrogen) atoms. The van der Waals surface area contributed by atoms with Crippen LogP contribution in [0.1, 0.15) is 11.3 Å². The van der Waals surface area contributed by atoms with Crippen molar-refractivity contribution in [1.29, 1.82) is 0 Å². The van der Waals surface area contributed by atoms with Crippen LogP contribution in [0.4, 0.5) is 15.2 Å². The summed E-state index contributed by atoms with van der Waals surface area (Å²) < 4.78 is 13.5. The predicted octanol–water partition coefficient (Wildman–Crippen LogP) is 2.49. The summed E-state index contributed by atoms with van der Waals surface area (Å²) in [7, 11) is 0. The topological polar surface area (TPSA) is 101 Å². The molecule has 1 aromatic heterocycles. The van der Waals surface area contributed by atoms with E-state index in [0.29, 0.717) is 22.1 Å². The zero-order chi connectivity index (χ0) is 19.4. The van der Waals surface area contributed by atoms with Crippen LogP contribution >= 0.6 is 11.3 Å². The zero-order valence-corrected chi connectivity index (χ0v) is 15.0. The van der Waals surface area contributed by atoms with Crippen molar-refractivity contribution in [3.8, 4) is 0 Å². The van der Waals surface area contributed by atoms with Gasteiger partial charge in [-0.3, -0.25) is 14.4 Å². The summed E-state index contributed by atoms with van der Waals surface area (Å²) in [5.41, 5.74) is 1.34. The summed E-state index contributed by atoms with van der Waals surface area (Å²) in [4.78, 5) is 42.9. The fourth-order valence-corrected chi connectivity index (χ4v) is 2.98. The van der Waals surface area contributed by atoms with Crippen LogP contribution in [0.5, 0.6) is 0 Å². The third-order valence-corrected chi connectivity index (χ3v) is 4.50. The normalized spacial score (nSPS) is 15.6. The Kier molecular flexibility index (Phi) is 5.51. The number of rotatable bonds is 5. The van der Waals surface area contributed by atoms with Gasteiger partial charge in [-0.15, -0.1) is 11.3 Å². The summed E-state index contributed by atoms with van der Waals surface area (Å²) >= 11 is 1.18. The first kappa shape index (κ1) is 18.6. The van der Waals surface area contributed by atoms with Crippen LogP contribution in [0, 0.1) is 18.7 Å². The highest BCUT2D eigenvalue weighted by Gasteiger charge is 2.18. The maximum atomic E-state index is 13.5. The van der Waals surface area contributed by atoms with Gasteiger partial charge in [-0.1, -0.05) is 12.1 Å². The fraction of sp³-hybridized carbons (Fsp3) is 0.167. The van der Waals surface area contributed by atoms with Gasteiger partial charge in [0.2, 0.25) is 11.8 Å². The van der Waals surface area contributed by atoms with E-state index in [1.54, 1.807) is 24.4 Å². The number of benzene rings is 1. The van der Waals surface area contributed by atoms with Gasteiger partial charge in [0.15, 0.2) is 5.13 Å². The first-order valence-electron chi connectivity index (χ1n) is 7.98. The fourth-order valence-electron chi connectivity index (χ4n) is 2.26. The molecular weight excluding hydrogens is 371 g/mol. The van der Waals surface area contributed by atoms with Gasteiger partial charge < -0.3 is 10.6 Å². The lowest BCUT2D eigenvalue weighted by atomic mass is 10.1. The third kappa shape index (κ3) is 4.91. The van der Waals surface area contributed by atoms with Crippen molar-refractivity contribution in [3.63, 3.8) is 0 Å². The predicted molar refractivity (Wildman–Crippen MR) is 100 cm³/mol. The molecule has 9 heteroatoms. The Morgan fingerprint density at radius 3 is 2.81 bits per heavy atom. The smallest absolute Gasteiger partial charge is 0.269 e. The second kappa shape index (κ2) is 8.00. The van der Waals surface area contributed by atoms with Gasteiger partial charge in [-0.25, -0.2) is 14.4 Å². The second-order valence-electron chi connectivity index (χ2n) is 5.82. The van der Waals surface area contributed by atoms with E-state index >= 15 is 0 Å². The summed E-state index contributed by atoms with van der Waals surface area (Å²) in [5, 5.41) is 7.21. The second-order valence-corrected chi connectivity index (χ2v) is 6.68. The van der Waals surface area contributed by atoms with Gasteiger partial charge in [0, 0.05) is 23.4 Å². The number of carbonyl (C=O) groups is 3. The summed E-state index contributed by atoms with van der Waals surface area (Å²) in [6, 6.07) is 4.45. The minimum atomic E-state index is -0.644. The molecule has 1 aliphatic heterocycles. The van der Waals surface area contributed by atoms with Gasteiger partial charge in [0.1, 0.15) is 5.82 Å². The highest BCUT2D eigenvalue weighted by atomic mass is 32.1. The SMILES string of the molecule is Cc1ccc(NC(=O)Cc2csc(NC(=O)C3C=CC(=O)N=C3)n2)cc1F. The Morgan fingerprint density at radius 1 is 1.30 bits per heavy atom. The molecular formula is C18H15FN4O3S. The highest BCUT2D eigenvalue weighted by molar-refractivity contribution is 7.14. The minimum Gasteiger partial charge on any atom is -0.326 e. The number of hydrogen-bond acceptors (Lipinski definition) is 5. The average Bonchev–Trinajstić information content (AvgIpc) is 3.05. The largest absolute Gasteiger partial charge is 0.326 e. The van der Waals surface area contributed by atoms with Gasteiger partial charge in [0.05, 0.1) is 18.0 Å². The number of aliphatic imine (C=N–C) groups is 1. The van der Waals surface area contributed by atoms with E-state index in [4.69, 9.17) is 0 Å². The van der Waals surface area contributed by atoms with Crippen LogP contribution in [-0.2, 0) is 20.8 Å². The van der Waals surface area contributed by atoms with E-state index in [-0.39, 0.29) is 18.2 Å². The number of anilines is 2. The summed E-state index contributed by atoms with van der Waals surface area (Å²) in [6.07, 6.45) is 3.94. The monoisotopic (exact) mass is 386 g/mol. The lowest BCUT2D eigenvalue weighted by Crippen LogP contribution is -2.24. The molecule has 1 atom stereocenters. The minimum absolute atomic E-state index is 0.0127. The molecule has 0 saturated carbocycles. The molecule has 138 valence electrons. The summed E-state index contributed by atoms with van der Waals surface area (Å²) in [6.45, 7) is 1.64. The number of thiazole rings is 1. The van der Waals surface area contributed by atoms with Crippen molar-refractivity contribution >= 4 is 46.1 Å². The van der Waals surface area contributed by atoms with Crippen LogP contribution in [0.15, 0.2) is 40.7 Å². The molecule has 3 amide bonds. The molecule has 1 aromatic carbocycles. The lowest BCUT2D eigenvalue weighted by Gasteiger charge is -2.08. The van der Waals surface area contributed by atoms with Crippen molar-refractivity contribution in [2.45, 2.75) is 13.3 Å². The van der Waals surface area contributed by atoms with E-state index in [1.165, 1.54) is 35.8 Å². The molecule has 0 fully saturated rings. The van der Waals surface area contributed by atoms with Crippen LogP contribution in [0.2, 0.25) is 0 Å². The molecule has 0 saturated heterocycles. The molecule has 0 bridgehead atoms. The molecule has 2 aromatic rings. The van der Waals surface area contributed by atoms with Gasteiger partial charge in [-0.05, 0) is 24.6 Å². The van der Waals surface area contributed by atoms with E-state index in [9.17, 15) is 18.8 Å². The Balaban J connectivity index is 1.55. The summed E-state index contributed by atoms with van der Waals surface area (Å²) in [5.74, 6) is -2.16. The number of hydrogen-bond donors (Lipinski definition) is 2. The van der Waals surface area contributed by atoms with E-state index < -0.39 is 17.6 Å². The molecule has 0 aliphatic carbocycles. The van der Waals surface area contributed by atoms with E-state index in [2.05, 4.69) is 20.6 Å². The molecule has 0 spiro atoms. The van der Waals surface area contributed by atoms with Crippen LogP contribution in [-0.4, -0.2) is 28.9 Å². The van der Waals surface area contributed by atoms with E-state index in [0.717, 1.165) is 0 Å². The number of nitrogens with one attached hydrogen (secondary N) is 2. The maximum absolute atomic E-state index is 13.5. The number of aromatic nitrogens is 1. The van der Waals surface area contributed by atoms with Gasteiger partial charge >= 0.3 is 0 Å². The standard InChI is InChI=1S/C18H15FN4O3S/c1-10-2-4-12(6-14(10)19)21-16(25)7-13-9-27-18(22-13)23-17(26)11-3-5-15(24)20-8-11/h2-6,8-9,11H,7H2,1H3,(H,21,25)(H,22,23,26). The number of amides is 3. The molecule has 2 N–H and O–H groups in total. The number of dihydropyridines is 1. The quantitative estimate of drug-likeness (QED) is 0.824. The average molecular weight is 386 g/mol. The van der Waals surface area contributed by atoms with Gasteiger partial charge in [-0.2, -0.15) is 0 Å². The molecule has 1 aliphatic rings. The third-order valence-electron chi connectivity index (χ3n) is 3.69. The first-order valence-corrected chi connectivity index (χ1v) is 8.86. The van der Waals surface area contributed by atoms with Crippen molar-refractivity contribution < 1.29 is 18.8 Å². The Morgan fingerprint density at radius 2 is 2.11 bits per heavy atom. The van der Waals surface area contributed by atoms with Crippen LogP contribution in [0.3, 0.4) is 0 Å². The molecule has 2 heterocycles. The van der Waals surface area contributed by atoms with Crippen LogP contribution in [0.25, 0.3) is 0 Å². The first-order chi connectivity index (χ1) is 12.9. The van der Waals surface area contributed by atoms with Crippen molar-refractivity contribution in [2.75, 3.05) is 10.6 Å². The van der Waals surface area contributed by atoms with Gasteiger partial charge in [0.25, 0.3) is 5.91 Å². The Labute approximate surface area is 158 Å². The molecule has 7 nitrogen and oxygen atoms in total. The van der Waals surface area contributed by atoms with E-state index in [1.807, 2.05) is 0 Å². The zero-order valence-electron chi connectivity index (χ0n) is 14.2. The molecule has 1 unspecified atom stereocenters. The Hall–Kier alpha value is -3.20. The number of halogens is 1. The highest BCUT2D eigenvalue weighted by Crippen LogP contribution is 2.18. The van der Waals surface area contributed by atoms with Crippen molar-refractivity contribution in [1.82, 2.24) is 4.98 Å². The van der Waals surface area contributed by atoms with Crippen molar-refractivity contribution in [3.05, 3.63) is 52.8 Å². The van der Waals surface area contributed by atoms with Crippen molar-refractivity contribution in [2.24, 2.45) is 10.9 Å². The molecule has 0 radical (unpaired) electrons. The number of carbonyl (C=O) groups excluding carboxylic acids is 3. The molecule has 3 rings (SSSR count). The lowest BCUT2D eigenvalue weighted by molar-refractivity contribution is -0.117. The number of nitrogens with zero attached hydrogens (tertiary/aromatic N) is 2. The maximum Gasteiger partial charge on any atom is 0.269 e. The van der Waals surface area contributed by atoms with Crippen LogP contribution < -0.4 is 10.6 Å².